The van der Waals surface area contributed by atoms with E-state index in [0.29, 0.717) is 5.92 Å². The minimum Gasteiger partial charge on any atom is -0.388 e. The largest absolute Gasteiger partial charge is 0.388 e. The van der Waals surface area contributed by atoms with E-state index in [1.165, 1.54) is 0 Å². The van der Waals surface area contributed by atoms with E-state index in [9.17, 15) is 5.11 Å². The standard InChI is InChI=1S/C13H22N2O2S/c1-9-12(10(2)16)18-13(14-9)15-6-4-11(5-7-15)8-17-3/h10-11,16H,4-8H2,1-3H3. The Hall–Kier alpha value is -0.650. The lowest BCUT2D eigenvalue weighted by molar-refractivity contribution is 0.139. The normalized spacial score (nSPS) is 19.2. The number of aliphatic hydroxyl groups is 1. The predicted molar refractivity (Wildman–Crippen MR) is 74.3 cm³/mol. The molecule has 1 aromatic rings. The van der Waals surface area contributed by atoms with Crippen molar-refractivity contribution in [2.45, 2.75) is 32.8 Å². The fourth-order valence-corrected chi connectivity index (χ4v) is 3.50. The van der Waals surface area contributed by atoms with Gasteiger partial charge in [0.1, 0.15) is 0 Å². The summed E-state index contributed by atoms with van der Waals surface area (Å²) in [6, 6.07) is 0. The van der Waals surface area contributed by atoms with Gasteiger partial charge in [0.15, 0.2) is 5.13 Å². The maximum atomic E-state index is 9.66. The summed E-state index contributed by atoms with van der Waals surface area (Å²) in [5.41, 5.74) is 0.962. The van der Waals surface area contributed by atoms with Crippen LogP contribution in [0.3, 0.4) is 0 Å². The van der Waals surface area contributed by atoms with E-state index >= 15 is 0 Å². The van der Waals surface area contributed by atoms with E-state index < -0.39 is 6.10 Å². The molecule has 18 heavy (non-hydrogen) atoms. The van der Waals surface area contributed by atoms with Gasteiger partial charge in [-0.1, -0.05) is 11.3 Å². The average Bonchev–Trinajstić information content (AvgIpc) is 2.73. The number of piperidine rings is 1. The molecule has 2 heterocycles. The fourth-order valence-electron chi connectivity index (χ4n) is 2.44. The van der Waals surface area contributed by atoms with Crippen molar-refractivity contribution in [3.8, 4) is 0 Å². The molecule has 2 rings (SSSR count). The van der Waals surface area contributed by atoms with Crippen molar-refractivity contribution in [3.63, 3.8) is 0 Å². The molecule has 1 aromatic heterocycles. The Balaban J connectivity index is 1.99. The van der Waals surface area contributed by atoms with E-state index in [1.54, 1.807) is 25.4 Å². The number of hydrogen-bond acceptors (Lipinski definition) is 5. The van der Waals surface area contributed by atoms with E-state index in [0.717, 1.165) is 48.2 Å². The highest BCUT2D eigenvalue weighted by Crippen LogP contribution is 2.32. The number of anilines is 1. The maximum Gasteiger partial charge on any atom is 0.185 e. The van der Waals surface area contributed by atoms with Gasteiger partial charge in [0, 0.05) is 26.8 Å². The van der Waals surface area contributed by atoms with Crippen LogP contribution in [0.1, 0.15) is 36.4 Å². The second kappa shape index (κ2) is 5.99. The van der Waals surface area contributed by atoms with Crippen LogP contribution in [-0.2, 0) is 4.74 Å². The van der Waals surface area contributed by atoms with Gasteiger partial charge in [0.05, 0.1) is 16.7 Å². The monoisotopic (exact) mass is 270 g/mol. The van der Waals surface area contributed by atoms with Gasteiger partial charge < -0.3 is 14.7 Å². The zero-order chi connectivity index (χ0) is 13.1. The molecule has 4 nitrogen and oxygen atoms in total. The molecule has 1 saturated heterocycles. The van der Waals surface area contributed by atoms with Crippen molar-refractivity contribution in [1.82, 2.24) is 4.98 Å². The van der Waals surface area contributed by atoms with Crippen LogP contribution in [0, 0.1) is 12.8 Å². The van der Waals surface area contributed by atoms with Gasteiger partial charge in [-0.25, -0.2) is 4.98 Å². The number of thiazole rings is 1. The molecule has 0 bridgehead atoms. The third kappa shape index (κ3) is 3.02. The van der Waals surface area contributed by atoms with E-state index in [1.807, 2.05) is 6.92 Å². The predicted octanol–water partition coefficient (Wildman–Crippen LogP) is 2.37. The van der Waals surface area contributed by atoms with Crippen molar-refractivity contribution in [2.24, 2.45) is 5.92 Å². The lowest BCUT2D eigenvalue weighted by Gasteiger charge is -2.31. The number of ether oxygens (including phenoxy) is 1. The highest BCUT2D eigenvalue weighted by molar-refractivity contribution is 7.15. The first kappa shape index (κ1) is 13.8. The quantitative estimate of drug-likeness (QED) is 0.912. The summed E-state index contributed by atoms with van der Waals surface area (Å²) in [7, 11) is 1.77. The number of methoxy groups -OCH3 is 1. The van der Waals surface area contributed by atoms with Crippen molar-refractivity contribution >= 4 is 16.5 Å². The number of aromatic nitrogens is 1. The van der Waals surface area contributed by atoms with Crippen LogP contribution in [0.25, 0.3) is 0 Å². The zero-order valence-corrected chi connectivity index (χ0v) is 12.2. The van der Waals surface area contributed by atoms with E-state index in [2.05, 4.69) is 9.88 Å². The molecular formula is C13H22N2O2S. The molecule has 0 aliphatic carbocycles. The summed E-state index contributed by atoms with van der Waals surface area (Å²) in [4.78, 5) is 7.90. The van der Waals surface area contributed by atoms with Gasteiger partial charge in [-0.15, -0.1) is 0 Å². The summed E-state index contributed by atoms with van der Waals surface area (Å²) in [6.45, 7) is 6.72. The highest BCUT2D eigenvalue weighted by atomic mass is 32.1. The van der Waals surface area contributed by atoms with Crippen molar-refractivity contribution in [1.29, 1.82) is 0 Å². The molecule has 1 atom stereocenters. The van der Waals surface area contributed by atoms with Crippen LogP contribution in [0.4, 0.5) is 5.13 Å². The smallest absolute Gasteiger partial charge is 0.185 e. The van der Waals surface area contributed by atoms with Gasteiger partial charge in [0.2, 0.25) is 0 Å². The Kier molecular flexibility index (Phi) is 4.59. The van der Waals surface area contributed by atoms with Gasteiger partial charge in [-0.3, -0.25) is 0 Å². The van der Waals surface area contributed by atoms with Crippen LogP contribution >= 0.6 is 11.3 Å². The molecule has 0 saturated carbocycles. The molecule has 0 amide bonds. The summed E-state index contributed by atoms with van der Waals surface area (Å²) in [6.07, 6.45) is 1.91. The van der Waals surface area contributed by atoms with Crippen molar-refractivity contribution in [3.05, 3.63) is 10.6 Å². The summed E-state index contributed by atoms with van der Waals surface area (Å²) in [5, 5.41) is 10.7. The van der Waals surface area contributed by atoms with Gasteiger partial charge in [0.25, 0.3) is 0 Å². The van der Waals surface area contributed by atoms with Gasteiger partial charge >= 0.3 is 0 Å². The highest BCUT2D eigenvalue weighted by Gasteiger charge is 2.22. The van der Waals surface area contributed by atoms with Crippen LogP contribution in [-0.4, -0.2) is 36.9 Å². The summed E-state index contributed by atoms with van der Waals surface area (Å²) in [5.74, 6) is 0.684. The molecule has 102 valence electrons. The second-order valence-electron chi connectivity index (χ2n) is 5.01. The fraction of sp³-hybridized carbons (Fsp3) is 0.769. The molecule has 1 fully saturated rings. The molecule has 1 N–H and O–H groups in total. The second-order valence-corrected chi connectivity index (χ2v) is 6.02. The van der Waals surface area contributed by atoms with Crippen LogP contribution in [0.15, 0.2) is 0 Å². The Labute approximate surface area is 113 Å². The molecule has 0 spiro atoms. The first-order chi connectivity index (χ1) is 8.61. The summed E-state index contributed by atoms with van der Waals surface area (Å²) < 4.78 is 5.21. The molecule has 0 radical (unpaired) electrons. The van der Waals surface area contributed by atoms with E-state index in [-0.39, 0.29) is 0 Å². The Morgan fingerprint density at radius 3 is 2.67 bits per heavy atom. The topological polar surface area (TPSA) is 45.6 Å². The molecule has 0 aromatic carbocycles. The minimum absolute atomic E-state index is 0.415. The molecule has 5 heteroatoms. The number of aliphatic hydroxyl groups excluding tert-OH is 1. The Morgan fingerprint density at radius 2 is 2.17 bits per heavy atom. The average molecular weight is 270 g/mol. The number of hydrogen-bond donors (Lipinski definition) is 1. The van der Waals surface area contributed by atoms with Crippen molar-refractivity contribution < 1.29 is 9.84 Å². The molecular weight excluding hydrogens is 248 g/mol. The third-order valence-corrected chi connectivity index (χ3v) is 4.88. The first-order valence-electron chi connectivity index (χ1n) is 6.51. The van der Waals surface area contributed by atoms with Crippen molar-refractivity contribution in [2.75, 3.05) is 31.7 Å². The zero-order valence-electron chi connectivity index (χ0n) is 11.3. The number of rotatable bonds is 4. The first-order valence-corrected chi connectivity index (χ1v) is 7.32. The lowest BCUT2D eigenvalue weighted by Crippen LogP contribution is -2.34. The summed E-state index contributed by atoms with van der Waals surface area (Å²) >= 11 is 1.62. The Morgan fingerprint density at radius 1 is 1.50 bits per heavy atom. The number of nitrogens with zero attached hydrogens (tertiary/aromatic N) is 2. The van der Waals surface area contributed by atoms with Crippen LogP contribution < -0.4 is 4.90 Å². The number of aryl methyl sites for hydroxylation is 1. The van der Waals surface area contributed by atoms with Crippen LogP contribution in [0.5, 0.6) is 0 Å². The minimum atomic E-state index is -0.415. The van der Waals surface area contributed by atoms with Crippen LogP contribution in [0.2, 0.25) is 0 Å². The molecule has 1 unspecified atom stereocenters. The molecule has 1 aliphatic heterocycles. The van der Waals surface area contributed by atoms with E-state index in [4.69, 9.17) is 4.74 Å². The van der Waals surface area contributed by atoms with Gasteiger partial charge in [-0.05, 0) is 32.6 Å². The van der Waals surface area contributed by atoms with Gasteiger partial charge in [-0.2, -0.15) is 0 Å². The Bertz CT molecular complexity index is 384. The third-order valence-electron chi connectivity index (χ3n) is 3.49. The maximum absolute atomic E-state index is 9.66. The molecule has 1 aliphatic rings. The SMILES string of the molecule is COCC1CCN(c2nc(C)c(C(C)O)s2)CC1. The lowest BCUT2D eigenvalue weighted by atomic mass is 9.98.